The Morgan fingerprint density at radius 3 is 2.88 bits per heavy atom. The Labute approximate surface area is 103 Å². The second kappa shape index (κ2) is 4.55. The number of nitrogens with zero attached hydrogens (tertiary/aromatic N) is 3. The van der Waals surface area contributed by atoms with Gasteiger partial charge < -0.3 is 5.11 Å². The number of carbonyl (C=O) groups is 1. The highest BCUT2D eigenvalue weighted by molar-refractivity contribution is 6.31. The molecule has 0 bridgehead atoms. The van der Waals surface area contributed by atoms with Crippen LogP contribution in [0.4, 0.5) is 0 Å². The van der Waals surface area contributed by atoms with Gasteiger partial charge in [-0.05, 0) is 19.1 Å². The van der Waals surface area contributed by atoms with E-state index >= 15 is 0 Å². The van der Waals surface area contributed by atoms with Crippen LogP contribution in [0.3, 0.4) is 0 Å². The molecule has 0 aliphatic carbocycles. The quantitative estimate of drug-likeness (QED) is 0.906. The fraction of sp³-hybridized carbons (Fsp3) is 0.182. The lowest BCUT2D eigenvalue weighted by Crippen LogP contribution is -2.08. The van der Waals surface area contributed by atoms with Crippen molar-refractivity contribution in [2.75, 3.05) is 0 Å². The molecule has 6 heteroatoms. The second-order valence-electron chi connectivity index (χ2n) is 3.55. The first-order valence-corrected chi connectivity index (χ1v) is 5.33. The molecule has 0 fully saturated rings. The maximum absolute atomic E-state index is 10.8. The Morgan fingerprint density at radius 2 is 2.29 bits per heavy atom. The molecule has 0 radical (unpaired) electrons. The Balaban J connectivity index is 2.27. The van der Waals surface area contributed by atoms with Crippen molar-refractivity contribution in [2.45, 2.75) is 13.5 Å². The normalized spacial score (nSPS) is 10.5. The second-order valence-corrected chi connectivity index (χ2v) is 3.96. The standard InChI is InChI=1S/C11H10ClN3O2/c1-7-9(12)5-13-15(7)6-8-3-2-4-10(14-8)11(16)17/h2-5H,6H2,1H3,(H,16,17). The first-order valence-electron chi connectivity index (χ1n) is 4.95. The zero-order chi connectivity index (χ0) is 12.4. The van der Waals surface area contributed by atoms with E-state index in [0.29, 0.717) is 17.3 Å². The summed E-state index contributed by atoms with van der Waals surface area (Å²) in [5, 5.41) is 13.5. The molecule has 0 atom stereocenters. The van der Waals surface area contributed by atoms with Crippen LogP contribution >= 0.6 is 11.6 Å². The van der Waals surface area contributed by atoms with E-state index in [4.69, 9.17) is 16.7 Å². The summed E-state index contributed by atoms with van der Waals surface area (Å²) in [6, 6.07) is 4.86. The van der Waals surface area contributed by atoms with Gasteiger partial charge in [-0.2, -0.15) is 5.10 Å². The van der Waals surface area contributed by atoms with Gasteiger partial charge in [-0.1, -0.05) is 17.7 Å². The van der Waals surface area contributed by atoms with Crippen LogP contribution in [0.1, 0.15) is 21.9 Å². The molecule has 0 aliphatic rings. The minimum atomic E-state index is -1.04. The van der Waals surface area contributed by atoms with Crippen molar-refractivity contribution in [1.29, 1.82) is 0 Å². The summed E-state index contributed by atoms with van der Waals surface area (Å²) in [6.45, 7) is 2.25. The first-order chi connectivity index (χ1) is 8.08. The van der Waals surface area contributed by atoms with Crippen molar-refractivity contribution in [1.82, 2.24) is 14.8 Å². The zero-order valence-electron chi connectivity index (χ0n) is 9.09. The van der Waals surface area contributed by atoms with E-state index in [0.717, 1.165) is 5.69 Å². The van der Waals surface area contributed by atoms with Gasteiger partial charge >= 0.3 is 5.97 Å². The molecular formula is C11H10ClN3O2. The fourth-order valence-corrected chi connectivity index (χ4v) is 1.56. The predicted molar refractivity (Wildman–Crippen MR) is 62.3 cm³/mol. The minimum Gasteiger partial charge on any atom is -0.477 e. The minimum absolute atomic E-state index is 0.0263. The highest BCUT2D eigenvalue weighted by Gasteiger charge is 2.08. The lowest BCUT2D eigenvalue weighted by Gasteiger charge is -2.04. The summed E-state index contributed by atoms with van der Waals surface area (Å²) in [6.07, 6.45) is 1.55. The molecule has 0 amide bonds. The van der Waals surface area contributed by atoms with Gasteiger partial charge in [0, 0.05) is 0 Å². The highest BCUT2D eigenvalue weighted by Crippen LogP contribution is 2.14. The van der Waals surface area contributed by atoms with Crippen molar-refractivity contribution in [2.24, 2.45) is 0 Å². The molecule has 1 N–H and O–H groups in total. The van der Waals surface area contributed by atoms with Crippen molar-refractivity contribution in [3.8, 4) is 0 Å². The molecule has 5 nitrogen and oxygen atoms in total. The van der Waals surface area contributed by atoms with Crippen LogP contribution in [0.15, 0.2) is 24.4 Å². The molecule has 0 aliphatic heterocycles. The van der Waals surface area contributed by atoms with Crippen LogP contribution in [0, 0.1) is 6.92 Å². The number of rotatable bonds is 3. The van der Waals surface area contributed by atoms with E-state index in [1.165, 1.54) is 6.07 Å². The molecule has 2 aromatic heterocycles. The molecule has 0 saturated carbocycles. The zero-order valence-corrected chi connectivity index (χ0v) is 9.85. The van der Waals surface area contributed by atoms with Crippen molar-refractivity contribution in [3.05, 3.63) is 46.5 Å². The number of hydrogen-bond acceptors (Lipinski definition) is 3. The Kier molecular flexibility index (Phi) is 3.10. The van der Waals surface area contributed by atoms with Gasteiger partial charge in [0.15, 0.2) is 0 Å². The summed E-state index contributed by atoms with van der Waals surface area (Å²) >= 11 is 5.88. The van der Waals surface area contributed by atoms with Crippen LogP contribution in [-0.4, -0.2) is 25.8 Å². The number of aromatic carboxylic acids is 1. The lowest BCUT2D eigenvalue weighted by atomic mass is 10.3. The Morgan fingerprint density at radius 1 is 1.53 bits per heavy atom. The van der Waals surface area contributed by atoms with Crippen molar-refractivity contribution >= 4 is 17.6 Å². The number of carboxylic acid groups (broad SMARTS) is 1. The van der Waals surface area contributed by atoms with Crippen molar-refractivity contribution in [3.63, 3.8) is 0 Å². The van der Waals surface area contributed by atoms with Gasteiger partial charge in [-0.25, -0.2) is 9.78 Å². The van der Waals surface area contributed by atoms with Crippen LogP contribution in [-0.2, 0) is 6.54 Å². The lowest BCUT2D eigenvalue weighted by molar-refractivity contribution is 0.0690. The fourth-order valence-electron chi connectivity index (χ4n) is 1.42. The summed E-state index contributed by atoms with van der Waals surface area (Å²) < 4.78 is 1.68. The number of aromatic nitrogens is 3. The molecule has 2 heterocycles. The molecule has 2 aromatic rings. The van der Waals surface area contributed by atoms with E-state index in [1.807, 2.05) is 6.92 Å². The Hall–Kier alpha value is -1.88. The van der Waals surface area contributed by atoms with Crippen LogP contribution in [0.2, 0.25) is 5.02 Å². The number of halogens is 1. The first kappa shape index (κ1) is 11.6. The SMILES string of the molecule is Cc1c(Cl)cnn1Cc1cccc(C(=O)O)n1. The van der Waals surface area contributed by atoms with Crippen LogP contribution < -0.4 is 0 Å². The highest BCUT2D eigenvalue weighted by atomic mass is 35.5. The topological polar surface area (TPSA) is 68.0 Å². The van der Waals surface area contributed by atoms with Gasteiger partial charge in [0.25, 0.3) is 0 Å². The predicted octanol–water partition coefficient (Wildman–Crippen LogP) is 1.99. The monoisotopic (exact) mass is 251 g/mol. The number of carboxylic acids is 1. The van der Waals surface area contributed by atoms with E-state index < -0.39 is 5.97 Å². The third-order valence-electron chi connectivity index (χ3n) is 2.38. The average Bonchev–Trinajstić information content (AvgIpc) is 2.61. The largest absolute Gasteiger partial charge is 0.477 e. The summed E-state index contributed by atoms with van der Waals surface area (Å²) in [5.74, 6) is -1.04. The summed E-state index contributed by atoms with van der Waals surface area (Å²) in [7, 11) is 0. The smallest absolute Gasteiger partial charge is 0.354 e. The third-order valence-corrected chi connectivity index (χ3v) is 2.75. The number of hydrogen-bond donors (Lipinski definition) is 1. The molecule has 88 valence electrons. The maximum Gasteiger partial charge on any atom is 0.354 e. The number of pyridine rings is 1. The summed E-state index contributed by atoms with van der Waals surface area (Å²) in [5.41, 5.74) is 1.49. The van der Waals surface area contributed by atoms with E-state index in [9.17, 15) is 4.79 Å². The van der Waals surface area contributed by atoms with Gasteiger partial charge in [0.1, 0.15) is 5.69 Å². The molecule has 0 aromatic carbocycles. The van der Waals surface area contributed by atoms with Crippen LogP contribution in [0.5, 0.6) is 0 Å². The van der Waals surface area contributed by atoms with E-state index in [1.54, 1.807) is 23.0 Å². The van der Waals surface area contributed by atoms with Gasteiger partial charge in [-0.15, -0.1) is 0 Å². The summed E-state index contributed by atoms with van der Waals surface area (Å²) in [4.78, 5) is 14.8. The van der Waals surface area contributed by atoms with E-state index in [2.05, 4.69) is 10.1 Å². The molecule has 2 rings (SSSR count). The van der Waals surface area contributed by atoms with Gasteiger partial charge in [0.2, 0.25) is 0 Å². The average molecular weight is 252 g/mol. The maximum atomic E-state index is 10.8. The Bertz CT molecular complexity index is 566. The third kappa shape index (κ3) is 2.45. The van der Waals surface area contributed by atoms with E-state index in [-0.39, 0.29) is 5.69 Å². The van der Waals surface area contributed by atoms with Crippen LogP contribution in [0.25, 0.3) is 0 Å². The van der Waals surface area contributed by atoms with Gasteiger partial charge in [-0.3, -0.25) is 4.68 Å². The van der Waals surface area contributed by atoms with Gasteiger partial charge in [0.05, 0.1) is 29.2 Å². The molecule has 0 saturated heterocycles. The molecule has 0 unspecified atom stereocenters. The molecule has 17 heavy (non-hydrogen) atoms. The molecular weight excluding hydrogens is 242 g/mol. The molecule has 0 spiro atoms. The van der Waals surface area contributed by atoms with Crippen molar-refractivity contribution < 1.29 is 9.90 Å².